The molecule has 0 aromatic carbocycles. The summed E-state index contributed by atoms with van der Waals surface area (Å²) in [5.41, 5.74) is -1.23. The van der Waals surface area contributed by atoms with Crippen LogP contribution in [-0.4, -0.2) is 36.4 Å². The van der Waals surface area contributed by atoms with Crippen molar-refractivity contribution in [1.29, 1.82) is 0 Å². The molecule has 15 heavy (non-hydrogen) atoms. The highest BCUT2D eigenvalue weighted by atomic mass is 19.1. The molecule has 0 aromatic heterocycles. The topological polar surface area (TPSA) is 29.5 Å². The van der Waals surface area contributed by atoms with Crippen molar-refractivity contribution in [2.24, 2.45) is 5.92 Å². The summed E-state index contributed by atoms with van der Waals surface area (Å²) in [6.07, 6.45) is 1.85. The Morgan fingerprint density at radius 3 is 2.87 bits per heavy atom. The van der Waals surface area contributed by atoms with Crippen LogP contribution in [0.1, 0.15) is 20.3 Å². The van der Waals surface area contributed by atoms with Crippen molar-refractivity contribution in [3.05, 3.63) is 12.7 Å². The Hall–Kier alpha value is -1.06. The van der Waals surface area contributed by atoms with Gasteiger partial charge in [0.1, 0.15) is 12.3 Å². The summed E-state index contributed by atoms with van der Waals surface area (Å²) in [4.78, 5) is 13.0. The molecule has 3 nitrogen and oxygen atoms in total. The minimum Gasteiger partial charge on any atom is -0.445 e. The van der Waals surface area contributed by atoms with Gasteiger partial charge in [-0.05, 0) is 20.3 Å². The van der Waals surface area contributed by atoms with Crippen molar-refractivity contribution in [3.63, 3.8) is 0 Å². The molecule has 4 heteroatoms. The molecule has 0 saturated carbocycles. The van der Waals surface area contributed by atoms with Crippen molar-refractivity contribution in [1.82, 2.24) is 4.90 Å². The number of carbonyl (C=O) groups excluding carboxylic acids is 1. The standard InChI is InChI=1S/C11H18FNO2/c1-4-7-15-10(14)13-6-5-9(8-13)11(2,3)12/h4,9H,1,5-8H2,2-3H3. The lowest BCUT2D eigenvalue weighted by molar-refractivity contribution is 0.104. The van der Waals surface area contributed by atoms with Crippen molar-refractivity contribution in [2.45, 2.75) is 25.9 Å². The molecule has 1 amide bonds. The lowest BCUT2D eigenvalue weighted by Crippen LogP contribution is -2.33. The summed E-state index contributed by atoms with van der Waals surface area (Å²) in [7, 11) is 0. The molecule has 1 aliphatic heterocycles. The number of carbonyl (C=O) groups is 1. The van der Waals surface area contributed by atoms with Gasteiger partial charge in [-0.2, -0.15) is 0 Å². The molecular weight excluding hydrogens is 197 g/mol. The lowest BCUT2D eigenvalue weighted by atomic mass is 9.92. The highest BCUT2D eigenvalue weighted by Crippen LogP contribution is 2.30. The molecule has 0 aromatic rings. The van der Waals surface area contributed by atoms with Crippen LogP contribution < -0.4 is 0 Å². The summed E-state index contributed by atoms with van der Waals surface area (Å²) in [5.74, 6) is -0.0891. The fourth-order valence-electron chi connectivity index (χ4n) is 1.71. The van der Waals surface area contributed by atoms with Crippen molar-refractivity contribution >= 4 is 6.09 Å². The second-order valence-corrected chi connectivity index (χ2v) is 4.36. The zero-order valence-electron chi connectivity index (χ0n) is 9.33. The molecule has 1 saturated heterocycles. The summed E-state index contributed by atoms with van der Waals surface area (Å²) in [6.45, 7) is 7.79. The first-order valence-electron chi connectivity index (χ1n) is 5.16. The van der Waals surface area contributed by atoms with Crippen LogP contribution in [0.15, 0.2) is 12.7 Å². The zero-order chi connectivity index (χ0) is 11.5. The van der Waals surface area contributed by atoms with E-state index >= 15 is 0 Å². The van der Waals surface area contributed by atoms with Crippen LogP contribution in [0.3, 0.4) is 0 Å². The Morgan fingerprint density at radius 1 is 1.73 bits per heavy atom. The number of rotatable bonds is 3. The molecule has 1 unspecified atom stereocenters. The molecule has 0 aliphatic carbocycles. The Kier molecular flexibility index (Phi) is 3.72. The Bertz CT molecular complexity index is 247. The van der Waals surface area contributed by atoms with Gasteiger partial charge in [0.15, 0.2) is 0 Å². The molecule has 0 bridgehead atoms. The predicted octanol–water partition coefficient (Wildman–Crippen LogP) is 2.38. The fourth-order valence-corrected chi connectivity index (χ4v) is 1.71. The molecule has 1 rings (SSSR count). The van der Waals surface area contributed by atoms with Crippen LogP contribution in [0, 0.1) is 5.92 Å². The van der Waals surface area contributed by atoms with Gasteiger partial charge in [-0.25, -0.2) is 9.18 Å². The van der Waals surface area contributed by atoms with Crippen LogP contribution >= 0.6 is 0 Å². The summed E-state index contributed by atoms with van der Waals surface area (Å²) in [6, 6.07) is 0. The van der Waals surface area contributed by atoms with E-state index in [1.165, 1.54) is 6.08 Å². The van der Waals surface area contributed by atoms with Gasteiger partial charge in [0.25, 0.3) is 0 Å². The molecule has 1 atom stereocenters. The van der Waals surface area contributed by atoms with Crippen LogP contribution in [0.2, 0.25) is 0 Å². The quantitative estimate of drug-likeness (QED) is 0.676. The maximum Gasteiger partial charge on any atom is 0.410 e. The average molecular weight is 215 g/mol. The molecule has 0 spiro atoms. The molecule has 86 valence electrons. The van der Waals surface area contributed by atoms with E-state index in [0.29, 0.717) is 19.5 Å². The first kappa shape index (κ1) is 12.0. The highest BCUT2D eigenvalue weighted by Gasteiger charge is 2.37. The third kappa shape index (κ3) is 3.22. The minimum absolute atomic E-state index is 0.0891. The molecule has 1 aliphatic rings. The Balaban J connectivity index is 2.42. The number of ether oxygens (including phenoxy) is 1. The predicted molar refractivity (Wildman–Crippen MR) is 56.4 cm³/mol. The van der Waals surface area contributed by atoms with Crippen LogP contribution in [0.4, 0.5) is 9.18 Å². The van der Waals surface area contributed by atoms with Gasteiger partial charge in [0.05, 0.1) is 0 Å². The molecule has 1 heterocycles. The second-order valence-electron chi connectivity index (χ2n) is 4.36. The molecule has 0 N–H and O–H groups in total. The number of likely N-dealkylation sites (tertiary alicyclic amines) is 1. The number of alkyl halides is 1. The van der Waals surface area contributed by atoms with Crippen LogP contribution in [-0.2, 0) is 4.74 Å². The summed E-state index contributed by atoms with van der Waals surface area (Å²) in [5, 5.41) is 0. The average Bonchev–Trinajstić information content (AvgIpc) is 2.62. The minimum atomic E-state index is -1.23. The summed E-state index contributed by atoms with van der Waals surface area (Å²) >= 11 is 0. The van der Waals surface area contributed by atoms with Gasteiger partial charge in [0, 0.05) is 19.0 Å². The van der Waals surface area contributed by atoms with Gasteiger partial charge in [0.2, 0.25) is 0 Å². The molecule has 1 fully saturated rings. The fraction of sp³-hybridized carbons (Fsp3) is 0.727. The monoisotopic (exact) mass is 215 g/mol. The number of hydrogen-bond donors (Lipinski definition) is 0. The highest BCUT2D eigenvalue weighted by molar-refractivity contribution is 5.68. The number of nitrogens with zero attached hydrogens (tertiary/aromatic N) is 1. The Morgan fingerprint density at radius 2 is 2.40 bits per heavy atom. The lowest BCUT2D eigenvalue weighted by Gasteiger charge is -2.22. The van der Waals surface area contributed by atoms with E-state index in [4.69, 9.17) is 4.74 Å². The van der Waals surface area contributed by atoms with E-state index in [1.807, 2.05) is 0 Å². The van der Waals surface area contributed by atoms with Gasteiger partial charge < -0.3 is 9.64 Å². The van der Waals surface area contributed by atoms with E-state index in [2.05, 4.69) is 6.58 Å². The normalized spacial score (nSPS) is 21.5. The van der Waals surface area contributed by atoms with E-state index in [1.54, 1.807) is 18.7 Å². The second kappa shape index (κ2) is 4.64. The SMILES string of the molecule is C=CCOC(=O)N1CCC(C(C)(C)F)C1. The van der Waals surface area contributed by atoms with Crippen molar-refractivity contribution in [3.8, 4) is 0 Å². The molecule has 0 radical (unpaired) electrons. The van der Waals surface area contributed by atoms with Crippen molar-refractivity contribution < 1.29 is 13.9 Å². The smallest absolute Gasteiger partial charge is 0.410 e. The maximum atomic E-state index is 13.6. The van der Waals surface area contributed by atoms with E-state index in [-0.39, 0.29) is 18.6 Å². The number of hydrogen-bond acceptors (Lipinski definition) is 2. The van der Waals surface area contributed by atoms with Crippen LogP contribution in [0.25, 0.3) is 0 Å². The first-order valence-corrected chi connectivity index (χ1v) is 5.16. The van der Waals surface area contributed by atoms with Crippen LogP contribution in [0.5, 0.6) is 0 Å². The third-order valence-corrected chi connectivity index (χ3v) is 2.74. The van der Waals surface area contributed by atoms with Gasteiger partial charge in [-0.1, -0.05) is 12.7 Å². The summed E-state index contributed by atoms with van der Waals surface area (Å²) < 4.78 is 18.5. The number of amides is 1. The Labute approximate surface area is 89.9 Å². The van der Waals surface area contributed by atoms with Crippen molar-refractivity contribution in [2.75, 3.05) is 19.7 Å². The molecular formula is C11H18FNO2. The van der Waals surface area contributed by atoms with Gasteiger partial charge in [-0.15, -0.1) is 0 Å². The zero-order valence-corrected chi connectivity index (χ0v) is 9.33. The van der Waals surface area contributed by atoms with Gasteiger partial charge >= 0.3 is 6.09 Å². The van der Waals surface area contributed by atoms with Gasteiger partial charge in [-0.3, -0.25) is 0 Å². The van der Waals surface area contributed by atoms with E-state index in [0.717, 1.165) is 0 Å². The first-order chi connectivity index (χ1) is 6.95. The maximum absolute atomic E-state index is 13.6. The largest absolute Gasteiger partial charge is 0.445 e. The van der Waals surface area contributed by atoms with E-state index in [9.17, 15) is 9.18 Å². The van der Waals surface area contributed by atoms with E-state index < -0.39 is 5.67 Å². The number of halogens is 1. The third-order valence-electron chi connectivity index (χ3n) is 2.74.